The van der Waals surface area contributed by atoms with Crippen LogP contribution in [-0.2, 0) is 11.8 Å². The van der Waals surface area contributed by atoms with Crippen LogP contribution in [0.1, 0.15) is 37.0 Å². The van der Waals surface area contributed by atoms with Crippen LogP contribution in [0.15, 0.2) is 18.5 Å². The average molecular weight is 266 g/mol. The first-order valence-corrected chi connectivity index (χ1v) is 7.00. The SMILES string of the molecule is CCC(CC)N(CCOC)CC(=O)c1ccn(C)c1. The molecule has 108 valence electrons. The second kappa shape index (κ2) is 8.12. The molecule has 0 radical (unpaired) electrons. The van der Waals surface area contributed by atoms with Gasteiger partial charge in [0.2, 0.25) is 0 Å². The van der Waals surface area contributed by atoms with E-state index in [9.17, 15) is 4.79 Å². The van der Waals surface area contributed by atoms with Crippen molar-refractivity contribution in [2.75, 3.05) is 26.8 Å². The molecule has 19 heavy (non-hydrogen) atoms. The monoisotopic (exact) mass is 266 g/mol. The van der Waals surface area contributed by atoms with Crippen LogP contribution in [0.5, 0.6) is 0 Å². The van der Waals surface area contributed by atoms with E-state index in [1.54, 1.807) is 7.11 Å². The van der Waals surface area contributed by atoms with Crippen LogP contribution >= 0.6 is 0 Å². The maximum Gasteiger partial charge on any atom is 0.178 e. The maximum absolute atomic E-state index is 12.3. The summed E-state index contributed by atoms with van der Waals surface area (Å²) in [6, 6.07) is 2.33. The van der Waals surface area contributed by atoms with Gasteiger partial charge in [-0.25, -0.2) is 0 Å². The minimum absolute atomic E-state index is 0.184. The normalized spacial score (nSPS) is 11.5. The molecular formula is C15H26N2O2. The summed E-state index contributed by atoms with van der Waals surface area (Å²) in [5, 5.41) is 0. The zero-order valence-corrected chi connectivity index (χ0v) is 12.6. The first kappa shape index (κ1) is 15.9. The minimum Gasteiger partial charge on any atom is -0.383 e. The summed E-state index contributed by atoms with van der Waals surface area (Å²) in [4.78, 5) is 14.5. The Morgan fingerprint density at radius 2 is 2.11 bits per heavy atom. The summed E-state index contributed by atoms with van der Waals surface area (Å²) >= 11 is 0. The predicted octanol–water partition coefficient (Wildman–Crippen LogP) is 2.34. The van der Waals surface area contributed by atoms with Gasteiger partial charge in [0.05, 0.1) is 13.2 Å². The van der Waals surface area contributed by atoms with E-state index < -0.39 is 0 Å². The van der Waals surface area contributed by atoms with Crippen LogP contribution in [0.4, 0.5) is 0 Å². The molecule has 0 atom stereocenters. The Balaban J connectivity index is 2.67. The smallest absolute Gasteiger partial charge is 0.178 e. The molecule has 0 saturated carbocycles. The first-order chi connectivity index (χ1) is 9.12. The fraction of sp³-hybridized carbons (Fsp3) is 0.667. The number of ether oxygens (including phenoxy) is 1. The van der Waals surface area contributed by atoms with Crippen LogP contribution in [0.3, 0.4) is 0 Å². The third-order valence-electron chi connectivity index (χ3n) is 3.54. The molecule has 4 nitrogen and oxygen atoms in total. The van der Waals surface area contributed by atoms with Crippen molar-refractivity contribution in [2.24, 2.45) is 7.05 Å². The molecule has 4 heteroatoms. The van der Waals surface area contributed by atoms with Gasteiger partial charge in [0.25, 0.3) is 0 Å². The summed E-state index contributed by atoms with van der Waals surface area (Å²) in [6.07, 6.45) is 5.90. The van der Waals surface area contributed by atoms with Crippen LogP contribution in [-0.4, -0.2) is 48.1 Å². The summed E-state index contributed by atoms with van der Waals surface area (Å²) in [6.45, 7) is 6.28. The molecule has 0 aliphatic rings. The molecule has 0 bridgehead atoms. The van der Waals surface area contributed by atoms with Crippen LogP contribution < -0.4 is 0 Å². The first-order valence-electron chi connectivity index (χ1n) is 7.00. The summed E-state index contributed by atoms with van der Waals surface area (Å²) in [7, 11) is 3.63. The number of hydrogen-bond donors (Lipinski definition) is 0. The van der Waals surface area contributed by atoms with E-state index in [2.05, 4.69) is 18.7 Å². The Kier molecular flexibility index (Phi) is 6.81. The molecule has 1 aromatic rings. The quantitative estimate of drug-likeness (QED) is 0.643. The van der Waals surface area contributed by atoms with Crippen LogP contribution in [0, 0.1) is 0 Å². The Morgan fingerprint density at radius 3 is 2.58 bits per heavy atom. The third-order valence-corrected chi connectivity index (χ3v) is 3.54. The third kappa shape index (κ3) is 4.80. The standard InChI is InChI=1S/C15H26N2O2/c1-5-14(6-2)17(9-10-19-4)12-15(18)13-7-8-16(3)11-13/h7-8,11,14H,5-6,9-10,12H2,1-4H3. The number of carbonyl (C=O) groups is 1. The highest BCUT2D eigenvalue weighted by Crippen LogP contribution is 2.10. The van der Waals surface area contributed by atoms with E-state index in [-0.39, 0.29) is 5.78 Å². The van der Waals surface area contributed by atoms with Gasteiger partial charge in [-0.3, -0.25) is 9.69 Å². The van der Waals surface area contributed by atoms with Crippen molar-refractivity contribution in [3.05, 3.63) is 24.0 Å². The molecule has 0 N–H and O–H groups in total. The Labute approximate surface area is 116 Å². The number of nitrogens with zero attached hydrogens (tertiary/aromatic N) is 2. The Morgan fingerprint density at radius 1 is 1.42 bits per heavy atom. The molecule has 0 saturated heterocycles. The average Bonchev–Trinajstić information content (AvgIpc) is 2.83. The number of hydrogen-bond acceptors (Lipinski definition) is 3. The van der Waals surface area contributed by atoms with Gasteiger partial charge in [-0.1, -0.05) is 13.8 Å². The van der Waals surface area contributed by atoms with Gasteiger partial charge in [-0.15, -0.1) is 0 Å². The summed E-state index contributed by atoms with van der Waals surface area (Å²) in [5.74, 6) is 0.184. The number of Topliss-reactive ketones (excluding diaryl/α,β-unsaturated/α-hetero) is 1. The molecular weight excluding hydrogens is 240 g/mol. The van der Waals surface area contributed by atoms with Crippen molar-refractivity contribution in [1.29, 1.82) is 0 Å². The largest absolute Gasteiger partial charge is 0.383 e. The van der Waals surface area contributed by atoms with E-state index >= 15 is 0 Å². The van der Waals surface area contributed by atoms with Crippen LogP contribution in [0.2, 0.25) is 0 Å². The second-order valence-corrected chi connectivity index (χ2v) is 4.92. The molecule has 1 heterocycles. The minimum atomic E-state index is 0.184. The van der Waals surface area contributed by atoms with Crippen LogP contribution in [0.25, 0.3) is 0 Å². The lowest BCUT2D eigenvalue weighted by molar-refractivity contribution is 0.0811. The topological polar surface area (TPSA) is 34.5 Å². The highest BCUT2D eigenvalue weighted by molar-refractivity contribution is 5.97. The van der Waals surface area contributed by atoms with Crippen molar-refractivity contribution in [1.82, 2.24) is 9.47 Å². The number of carbonyl (C=O) groups excluding carboxylic acids is 1. The number of rotatable bonds is 9. The molecule has 1 aromatic heterocycles. The fourth-order valence-electron chi connectivity index (χ4n) is 2.35. The van der Waals surface area contributed by atoms with Gasteiger partial charge >= 0.3 is 0 Å². The van der Waals surface area contributed by atoms with E-state index in [0.717, 1.165) is 24.9 Å². The highest BCUT2D eigenvalue weighted by atomic mass is 16.5. The van der Waals surface area contributed by atoms with Gasteiger partial charge in [-0.2, -0.15) is 0 Å². The molecule has 0 spiro atoms. The fourth-order valence-corrected chi connectivity index (χ4v) is 2.35. The lowest BCUT2D eigenvalue weighted by Crippen LogP contribution is -2.40. The molecule has 0 aromatic carbocycles. The maximum atomic E-state index is 12.3. The number of aromatic nitrogens is 1. The lowest BCUT2D eigenvalue weighted by atomic mass is 10.1. The van der Waals surface area contributed by atoms with Gasteiger partial charge < -0.3 is 9.30 Å². The van der Waals surface area contributed by atoms with Crippen molar-refractivity contribution in [3.8, 4) is 0 Å². The van der Waals surface area contributed by atoms with Gasteiger partial charge in [0.1, 0.15) is 0 Å². The zero-order valence-electron chi connectivity index (χ0n) is 12.6. The molecule has 0 fully saturated rings. The Bertz CT molecular complexity index is 383. The lowest BCUT2D eigenvalue weighted by Gasteiger charge is -2.29. The number of ketones is 1. The van der Waals surface area contributed by atoms with E-state index in [4.69, 9.17) is 4.74 Å². The second-order valence-electron chi connectivity index (χ2n) is 4.92. The van der Waals surface area contributed by atoms with Gasteiger partial charge in [-0.05, 0) is 18.9 Å². The van der Waals surface area contributed by atoms with E-state index in [0.29, 0.717) is 19.2 Å². The van der Waals surface area contributed by atoms with Gasteiger partial charge in [0, 0.05) is 44.7 Å². The molecule has 0 aliphatic carbocycles. The molecule has 0 aliphatic heterocycles. The van der Waals surface area contributed by atoms with Gasteiger partial charge in [0.15, 0.2) is 5.78 Å². The molecule has 0 unspecified atom stereocenters. The highest BCUT2D eigenvalue weighted by Gasteiger charge is 2.19. The Hall–Kier alpha value is -1.13. The van der Waals surface area contributed by atoms with Crippen molar-refractivity contribution < 1.29 is 9.53 Å². The molecule has 0 amide bonds. The van der Waals surface area contributed by atoms with E-state index in [1.165, 1.54) is 0 Å². The van der Waals surface area contributed by atoms with Crippen molar-refractivity contribution in [2.45, 2.75) is 32.7 Å². The summed E-state index contributed by atoms with van der Waals surface area (Å²) in [5.41, 5.74) is 0.788. The summed E-state index contributed by atoms with van der Waals surface area (Å²) < 4.78 is 7.05. The number of aryl methyl sites for hydroxylation is 1. The predicted molar refractivity (Wildman–Crippen MR) is 77.6 cm³/mol. The zero-order chi connectivity index (χ0) is 14.3. The van der Waals surface area contributed by atoms with Crippen molar-refractivity contribution >= 4 is 5.78 Å². The molecule has 1 rings (SSSR count). The van der Waals surface area contributed by atoms with Crippen molar-refractivity contribution in [3.63, 3.8) is 0 Å². The number of methoxy groups -OCH3 is 1. The van der Waals surface area contributed by atoms with E-state index in [1.807, 2.05) is 30.1 Å².